The third-order valence-corrected chi connectivity index (χ3v) is 6.06. The van der Waals surface area contributed by atoms with Gasteiger partial charge in [0, 0.05) is 0 Å². The van der Waals surface area contributed by atoms with Crippen LogP contribution in [0.1, 0.15) is 0 Å². The van der Waals surface area contributed by atoms with Gasteiger partial charge in [0.25, 0.3) is 0 Å². The lowest BCUT2D eigenvalue weighted by atomic mass is 9.96. The van der Waals surface area contributed by atoms with Crippen molar-refractivity contribution in [1.29, 1.82) is 0 Å². The topological polar surface area (TPSA) is 286 Å². The highest BCUT2D eigenvalue weighted by Gasteiger charge is 2.54. The standard InChI is InChI=1S/C18H30O17/c19-1-3-5(21)13(34-17-10(26)6(22)7(23)14(35-17)15(28)29)11(27)18(32-3)33-12-4(2-20)31-16(30)9(25)8(12)24/h3-14,16-27,30H,1-2H2,(H,28,29)/t3-,4-,5+,6+,7-,8-,9-,10-,11-,12-,13+,14+,16+,17-,18+/m1/s1. The Hall–Kier alpha value is -1.13. The zero-order valence-corrected chi connectivity index (χ0v) is 17.9. The van der Waals surface area contributed by atoms with Crippen LogP contribution >= 0.6 is 0 Å². The first-order valence-electron chi connectivity index (χ1n) is 10.6. The maximum atomic E-state index is 11.3. The normalized spacial score (nSPS) is 51.2. The molecule has 0 radical (unpaired) electrons. The second-order valence-electron chi connectivity index (χ2n) is 8.37. The highest BCUT2D eigenvalue weighted by atomic mass is 16.7. The van der Waals surface area contributed by atoms with Crippen molar-refractivity contribution < 1.29 is 84.7 Å². The van der Waals surface area contributed by atoms with E-state index in [4.69, 9.17) is 28.8 Å². The van der Waals surface area contributed by atoms with Gasteiger partial charge in [0.15, 0.2) is 25.0 Å². The summed E-state index contributed by atoms with van der Waals surface area (Å²) in [5.41, 5.74) is 0. The van der Waals surface area contributed by atoms with E-state index in [1.54, 1.807) is 0 Å². The Balaban J connectivity index is 1.80. The van der Waals surface area contributed by atoms with Crippen LogP contribution in [0.4, 0.5) is 0 Å². The van der Waals surface area contributed by atoms with Gasteiger partial charge in [-0.25, -0.2) is 4.79 Å². The summed E-state index contributed by atoms with van der Waals surface area (Å²) >= 11 is 0. The number of aliphatic hydroxyl groups excluding tert-OH is 10. The fourth-order valence-electron chi connectivity index (χ4n) is 4.04. The number of aliphatic hydroxyl groups is 10. The zero-order chi connectivity index (χ0) is 26.2. The lowest BCUT2D eigenvalue weighted by Crippen LogP contribution is -2.67. The van der Waals surface area contributed by atoms with Crippen molar-refractivity contribution in [2.45, 2.75) is 92.1 Å². The fraction of sp³-hybridized carbons (Fsp3) is 0.944. The Morgan fingerprint density at radius 3 is 1.74 bits per heavy atom. The van der Waals surface area contributed by atoms with Gasteiger partial charge in [0.1, 0.15) is 67.1 Å². The second kappa shape index (κ2) is 11.5. The number of carbonyl (C=O) groups is 1. The number of hydrogen-bond acceptors (Lipinski definition) is 16. The van der Waals surface area contributed by atoms with Crippen LogP contribution in [0.2, 0.25) is 0 Å². The molecule has 3 fully saturated rings. The van der Waals surface area contributed by atoms with Crippen LogP contribution in [0.5, 0.6) is 0 Å². The van der Waals surface area contributed by atoms with Gasteiger partial charge in [-0.15, -0.1) is 0 Å². The molecular formula is C18H30O17. The molecule has 17 nitrogen and oxygen atoms in total. The summed E-state index contributed by atoms with van der Waals surface area (Å²) < 4.78 is 26.0. The number of rotatable bonds is 7. The van der Waals surface area contributed by atoms with Gasteiger partial charge in [-0.05, 0) is 0 Å². The Labute approximate surface area is 196 Å². The smallest absolute Gasteiger partial charge is 0.335 e. The number of ether oxygens (including phenoxy) is 5. The third kappa shape index (κ3) is 5.59. The lowest BCUT2D eigenvalue weighted by Gasteiger charge is -2.47. The van der Waals surface area contributed by atoms with Crippen molar-refractivity contribution >= 4 is 5.97 Å². The molecule has 35 heavy (non-hydrogen) atoms. The van der Waals surface area contributed by atoms with Gasteiger partial charge in [0.2, 0.25) is 0 Å². The maximum absolute atomic E-state index is 11.3. The number of carboxylic acids is 1. The summed E-state index contributed by atoms with van der Waals surface area (Å²) in [4.78, 5) is 11.3. The fourth-order valence-corrected chi connectivity index (χ4v) is 4.04. The summed E-state index contributed by atoms with van der Waals surface area (Å²) in [5, 5.41) is 109. The minimum atomic E-state index is -2.04. The monoisotopic (exact) mass is 518 g/mol. The average Bonchev–Trinajstić information content (AvgIpc) is 2.82. The molecule has 0 aromatic carbocycles. The summed E-state index contributed by atoms with van der Waals surface area (Å²) in [7, 11) is 0. The van der Waals surface area contributed by atoms with Crippen LogP contribution in [0.15, 0.2) is 0 Å². The SMILES string of the molecule is O=C(O)[C@H]1O[C@@H](O[C@H]2[C@@H](O)[C@@H](CO)O[C@@H](O[C@H]3[C@H](O)[C@@H](O)[C@@H](O)O[C@@H]3CO)[C@@H]2O)[C@H](O)[C@@H](O)[C@H]1O. The molecule has 0 aliphatic carbocycles. The maximum Gasteiger partial charge on any atom is 0.335 e. The van der Waals surface area contributed by atoms with Gasteiger partial charge >= 0.3 is 5.97 Å². The van der Waals surface area contributed by atoms with Crippen LogP contribution in [0.3, 0.4) is 0 Å². The Kier molecular flexibility index (Phi) is 9.35. The summed E-state index contributed by atoms with van der Waals surface area (Å²) in [6.45, 7) is -1.67. The molecule has 0 bridgehead atoms. The number of aliphatic carboxylic acids is 1. The molecule has 0 amide bonds. The molecule has 0 aromatic heterocycles. The molecule has 17 heteroatoms. The number of carboxylic acid groups (broad SMARTS) is 1. The minimum absolute atomic E-state index is 0.806. The molecule has 3 aliphatic rings. The van der Waals surface area contributed by atoms with Crippen LogP contribution in [0.25, 0.3) is 0 Å². The van der Waals surface area contributed by atoms with Crippen molar-refractivity contribution in [3.05, 3.63) is 0 Å². The quantitative estimate of drug-likeness (QED) is 0.149. The molecule has 3 aliphatic heterocycles. The molecule has 3 saturated heterocycles. The predicted molar refractivity (Wildman–Crippen MR) is 102 cm³/mol. The summed E-state index contributed by atoms with van der Waals surface area (Å²) in [6.07, 6.45) is -27.7. The van der Waals surface area contributed by atoms with Crippen molar-refractivity contribution in [3.8, 4) is 0 Å². The average molecular weight is 518 g/mol. The molecule has 204 valence electrons. The first kappa shape index (κ1) is 28.4. The van der Waals surface area contributed by atoms with E-state index in [1.165, 1.54) is 0 Å². The van der Waals surface area contributed by atoms with E-state index < -0.39 is 111 Å². The second-order valence-corrected chi connectivity index (χ2v) is 8.37. The van der Waals surface area contributed by atoms with Gasteiger partial charge in [-0.1, -0.05) is 0 Å². The minimum Gasteiger partial charge on any atom is -0.479 e. The van der Waals surface area contributed by atoms with Crippen LogP contribution in [0, 0.1) is 0 Å². The molecule has 0 spiro atoms. The van der Waals surface area contributed by atoms with Gasteiger partial charge < -0.3 is 79.9 Å². The third-order valence-electron chi connectivity index (χ3n) is 6.06. The summed E-state index contributed by atoms with van der Waals surface area (Å²) in [5.74, 6) is -1.71. The van der Waals surface area contributed by atoms with Gasteiger partial charge in [-0.2, -0.15) is 0 Å². The van der Waals surface area contributed by atoms with E-state index in [-0.39, 0.29) is 0 Å². The Bertz CT molecular complexity index is 709. The molecule has 0 unspecified atom stereocenters. The van der Waals surface area contributed by atoms with E-state index in [1.807, 2.05) is 0 Å². The Morgan fingerprint density at radius 2 is 1.17 bits per heavy atom. The largest absolute Gasteiger partial charge is 0.479 e. The molecule has 11 N–H and O–H groups in total. The van der Waals surface area contributed by atoms with E-state index >= 15 is 0 Å². The van der Waals surface area contributed by atoms with E-state index in [0.717, 1.165) is 0 Å². The predicted octanol–water partition coefficient (Wildman–Crippen LogP) is -7.48. The first-order chi connectivity index (χ1) is 16.4. The molecule has 3 rings (SSSR count). The van der Waals surface area contributed by atoms with E-state index in [9.17, 15) is 55.9 Å². The van der Waals surface area contributed by atoms with Crippen LogP contribution in [-0.2, 0) is 28.5 Å². The van der Waals surface area contributed by atoms with Gasteiger partial charge in [-0.3, -0.25) is 0 Å². The van der Waals surface area contributed by atoms with Crippen molar-refractivity contribution in [3.63, 3.8) is 0 Å². The molecule has 0 saturated carbocycles. The highest BCUT2D eigenvalue weighted by molar-refractivity contribution is 5.73. The van der Waals surface area contributed by atoms with Gasteiger partial charge in [0.05, 0.1) is 13.2 Å². The molecule has 3 heterocycles. The summed E-state index contributed by atoms with van der Waals surface area (Å²) in [6, 6.07) is 0. The molecule has 0 aromatic rings. The zero-order valence-electron chi connectivity index (χ0n) is 17.9. The van der Waals surface area contributed by atoms with Crippen molar-refractivity contribution in [1.82, 2.24) is 0 Å². The Morgan fingerprint density at radius 1 is 0.600 bits per heavy atom. The number of hydrogen-bond donors (Lipinski definition) is 11. The van der Waals surface area contributed by atoms with Crippen molar-refractivity contribution in [2.75, 3.05) is 13.2 Å². The van der Waals surface area contributed by atoms with E-state index in [0.29, 0.717) is 0 Å². The van der Waals surface area contributed by atoms with E-state index in [2.05, 4.69) is 0 Å². The molecule has 15 atom stereocenters. The van der Waals surface area contributed by atoms with Crippen LogP contribution < -0.4 is 0 Å². The van der Waals surface area contributed by atoms with Crippen LogP contribution in [-0.4, -0.2) is 167 Å². The highest BCUT2D eigenvalue weighted by Crippen LogP contribution is 2.32. The molecular weight excluding hydrogens is 488 g/mol. The first-order valence-corrected chi connectivity index (χ1v) is 10.6. The van der Waals surface area contributed by atoms with Crippen molar-refractivity contribution in [2.24, 2.45) is 0 Å². The lowest BCUT2D eigenvalue weighted by molar-refractivity contribution is -0.377.